The van der Waals surface area contributed by atoms with Crippen LogP contribution < -0.4 is 10.6 Å². The van der Waals surface area contributed by atoms with E-state index in [0.717, 1.165) is 36.8 Å². The highest BCUT2D eigenvalue weighted by Crippen LogP contribution is 2.32. The van der Waals surface area contributed by atoms with Crippen LogP contribution in [0.5, 0.6) is 0 Å². The van der Waals surface area contributed by atoms with Gasteiger partial charge in [-0.3, -0.25) is 5.10 Å². The van der Waals surface area contributed by atoms with Crippen molar-refractivity contribution in [1.82, 2.24) is 25.5 Å². The molecule has 2 aromatic heterocycles. The van der Waals surface area contributed by atoms with Crippen LogP contribution in [0.25, 0.3) is 33.4 Å². The fourth-order valence-electron chi connectivity index (χ4n) is 3.86. The Kier molecular flexibility index (Phi) is 4.84. The Morgan fingerprint density at radius 1 is 1.07 bits per heavy atom. The summed E-state index contributed by atoms with van der Waals surface area (Å²) in [5, 5.41) is 14.8. The van der Waals surface area contributed by atoms with Crippen LogP contribution in [0.4, 0.5) is 14.7 Å². The van der Waals surface area contributed by atoms with Crippen LogP contribution in [0.2, 0.25) is 0 Å². The number of nitrogens with zero attached hydrogens (tertiary/aromatic N) is 3. The minimum atomic E-state index is -0.603. The van der Waals surface area contributed by atoms with Gasteiger partial charge in [0, 0.05) is 24.2 Å². The topological polar surface area (TPSA) is 78.5 Å². The van der Waals surface area contributed by atoms with Gasteiger partial charge in [-0.2, -0.15) is 5.10 Å². The molecule has 0 saturated carbocycles. The Morgan fingerprint density at radius 3 is 2.73 bits per heavy atom. The average molecular weight is 406 g/mol. The van der Waals surface area contributed by atoms with Crippen molar-refractivity contribution in [2.75, 3.05) is 18.4 Å². The molecule has 3 heterocycles. The molecule has 2 aromatic carbocycles. The van der Waals surface area contributed by atoms with Crippen LogP contribution in [0, 0.1) is 11.6 Å². The van der Waals surface area contributed by atoms with Crippen molar-refractivity contribution in [3.8, 4) is 22.5 Å². The highest BCUT2D eigenvalue weighted by atomic mass is 19.1. The molecule has 4 aromatic rings. The van der Waals surface area contributed by atoms with Gasteiger partial charge in [0.15, 0.2) is 0 Å². The third-order valence-corrected chi connectivity index (χ3v) is 5.34. The molecule has 1 aliphatic heterocycles. The lowest BCUT2D eigenvalue weighted by atomic mass is 10.0. The number of aromatic nitrogens is 4. The number of H-pyrrole nitrogens is 1. The number of nitrogens with one attached hydrogen (secondary N) is 3. The van der Waals surface area contributed by atoms with E-state index >= 15 is 0 Å². The summed E-state index contributed by atoms with van der Waals surface area (Å²) in [6, 6.07) is 11.1. The maximum absolute atomic E-state index is 14.3. The molecule has 0 spiro atoms. The van der Waals surface area contributed by atoms with Crippen molar-refractivity contribution in [2.24, 2.45) is 0 Å². The zero-order chi connectivity index (χ0) is 20.5. The first-order valence-corrected chi connectivity index (χ1v) is 9.92. The first kappa shape index (κ1) is 18.6. The van der Waals surface area contributed by atoms with E-state index in [4.69, 9.17) is 0 Å². The molecular formula is C22H20F2N6. The normalized spacial score (nSPS) is 16.7. The second kappa shape index (κ2) is 7.79. The Labute approximate surface area is 171 Å². The lowest BCUT2D eigenvalue weighted by Crippen LogP contribution is -2.38. The number of benzene rings is 2. The van der Waals surface area contributed by atoms with Crippen LogP contribution in [0.15, 0.2) is 48.7 Å². The molecule has 1 aliphatic rings. The average Bonchev–Trinajstić information content (AvgIpc) is 3.18. The number of piperidine rings is 1. The molecule has 6 nitrogen and oxygen atoms in total. The third kappa shape index (κ3) is 3.50. The van der Waals surface area contributed by atoms with Crippen molar-refractivity contribution >= 4 is 16.9 Å². The molecule has 5 rings (SSSR count). The maximum Gasteiger partial charge on any atom is 0.223 e. The van der Waals surface area contributed by atoms with Gasteiger partial charge in [-0.25, -0.2) is 18.7 Å². The molecule has 0 radical (unpaired) electrons. The third-order valence-electron chi connectivity index (χ3n) is 5.34. The summed E-state index contributed by atoms with van der Waals surface area (Å²) in [4.78, 5) is 8.94. The molecule has 30 heavy (non-hydrogen) atoms. The Balaban J connectivity index is 1.53. The SMILES string of the molecule is Fc1cccc(F)c1-c1ccc2[nH]nc(-c3ccnc(N[C@@H]4CCCNC4)n3)c2c1. The zero-order valence-electron chi connectivity index (χ0n) is 16.1. The Morgan fingerprint density at radius 2 is 1.93 bits per heavy atom. The second-order valence-electron chi connectivity index (χ2n) is 7.38. The second-order valence-corrected chi connectivity index (χ2v) is 7.38. The maximum atomic E-state index is 14.3. The predicted molar refractivity (Wildman–Crippen MR) is 112 cm³/mol. The first-order valence-electron chi connectivity index (χ1n) is 9.92. The number of aromatic amines is 1. The smallest absolute Gasteiger partial charge is 0.223 e. The molecule has 1 fully saturated rings. The fraction of sp³-hybridized carbons (Fsp3) is 0.227. The van der Waals surface area contributed by atoms with Gasteiger partial charge in [-0.05, 0) is 55.3 Å². The molecule has 8 heteroatoms. The summed E-state index contributed by atoms with van der Waals surface area (Å²) in [5.74, 6) is -0.670. The van der Waals surface area contributed by atoms with Crippen molar-refractivity contribution in [1.29, 1.82) is 0 Å². The van der Waals surface area contributed by atoms with Gasteiger partial charge in [0.25, 0.3) is 0 Å². The van der Waals surface area contributed by atoms with Crippen molar-refractivity contribution in [2.45, 2.75) is 18.9 Å². The first-order chi connectivity index (χ1) is 14.7. The summed E-state index contributed by atoms with van der Waals surface area (Å²) in [6.07, 6.45) is 3.85. The van der Waals surface area contributed by atoms with Gasteiger partial charge in [-0.15, -0.1) is 0 Å². The standard InChI is InChI=1S/C22H20F2N6/c23-16-4-1-5-17(24)20(16)13-6-7-18-15(11-13)21(30-29-18)19-8-10-26-22(28-19)27-14-3-2-9-25-12-14/h1,4-8,10-11,14,25H,2-3,9,12H2,(H,29,30)(H,26,27,28)/t14-/m1/s1. The van der Waals surface area contributed by atoms with E-state index in [1.807, 2.05) is 0 Å². The highest BCUT2D eigenvalue weighted by molar-refractivity contribution is 5.95. The Bertz CT molecular complexity index is 1180. The molecule has 0 aliphatic carbocycles. The zero-order valence-corrected chi connectivity index (χ0v) is 16.1. The monoisotopic (exact) mass is 406 g/mol. The quantitative estimate of drug-likeness (QED) is 0.475. The molecule has 0 amide bonds. The van der Waals surface area contributed by atoms with Gasteiger partial charge < -0.3 is 10.6 Å². The Hall–Kier alpha value is -3.39. The van der Waals surface area contributed by atoms with Crippen LogP contribution in [0.1, 0.15) is 12.8 Å². The van der Waals surface area contributed by atoms with E-state index in [-0.39, 0.29) is 11.6 Å². The predicted octanol–water partition coefficient (Wildman–Crippen LogP) is 4.13. The fourth-order valence-corrected chi connectivity index (χ4v) is 3.86. The summed E-state index contributed by atoms with van der Waals surface area (Å²) >= 11 is 0. The number of fused-ring (bicyclic) bond motifs is 1. The molecule has 0 bridgehead atoms. The molecule has 1 atom stereocenters. The van der Waals surface area contributed by atoms with E-state index < -0.39 is 11.6 Å². The molecule has 152 valence electrons. The number of hydrogen-bond donors (Lipinski definition) is 3. The summed E-state index contributed by atoms with van der Waals surface area (Å²) in [5.41, 5.74) is 2.39. The van der Waals surface area contributed by atoms with E-state index in [9.17, 15) is 8.78 Å². The number of halogens is 2. The van der Waals surface area contributed by atoms with Gasteiger partial charge >= 0.3 is 0 Å². The van der Waals surface area contributed by atoms with E-state index in [2.05, 4.69) is 30.8 Å². The van der Waals surface area contributed by atoms with Crippen molar-refractivity contribution < 1.29 is 8.78 Å². The number of rotatable bonds is 4. The molecule has 0 unspecified atom stereocenters. The minimum absolute atomic E-state index is 0.0543. The number of anilines is 1. The van der Waals surface area contributed by atoms with E-state index in [0.29, 0.717) is 22.9 Å². The lowest BCUT2D eigenvalue weighted by Gasteiger charge is -2.23. The van der Waals surface area contributed by atoms with Crippen LogP contribution in [-0.4, -0.2) is 39.3 Å². The summed E-state index contributed by atoms with van der Waals surface area (Å²) < 4.78 is 28.5. The van der Waals surface area contributed by atoms with E-state index in [1.165, 1.54) is 18.2 Å². The van der Waals surface area contributed by atoms with Crippen LogP contribution in [-0.2, 0) is 0 Å². The van der Waals surface area contributed by atoms with Crippen molar-refractivity contribution in [3.05, 3.63) is 60.3 Å². The minimum Gasteiger partial charge on any atom is -0.350 e. The van der Waals surface area contributed by atoms with Gasteiger partial charge in [0.2, 0.25) is 5.95 Å². The molecule has 1 saturated heterocycles. The van der Waals surface area contributed by atoms with E-state index in [1.54, 1.807) is 30.5 Å². The summed E-state index contributed by atoms with van der Waals surface area (Å²) in [7, 11) is 0. The van der Waals surface area contributed by atoms with Gasteiger partial charge in [0.05, 0.1) is 16.8 Å². The lowest BCUT2D eigenvalue weighted by molar-refractivity contribution is 0.478. The van der Waals surface area contributed by atoms with Gasteiger partial charge in [-0.1, -0.05) is 12.1 Å². The number of hydrogen-bond acceptors (Lipinski definition) is 5. The van der Waals surface area contributed by atoms with Crippen LogP contribution >= 0.6 is 0 Å². The molecular weight excluding hydrogens is 386 g/mol. The molecule has 3 N–H and O–H groups in total. The highest BCUT2D eigenvalue weighted by Gasteiger charge is 2.17. The van der Waals surface area contributed by atoms with Crippen LogP contribution in [0.3, 0.4) is 0 Å². The summed E-state index contributed by atoms with van der Waals surface area (Å²) in [6.45, 7) is 1.90. The van der Waals surface area contributed by atoms with Crippen molar-refractivity contribution in [3.63, 3.8) is 0 Å². The van der Waals surface area contributed by atoms with Gasteiger partial charge in [0.1, 0.15) is 17.3 Å². The largest absolute Gasteiger partial charge is 0.350 e.